The molecule has 4 heteroatoms. The number of hydrogen-bond acceptors (Lipinski definition) is 4. The van der Waals surface area contributed by atoms with Crippen molar-refractivity contribution in [2.45, 2.75) is 33.0 Å². The Kier molecular flexibility index (Phi) is 3.79. The van der Waals surface area contributed by atoms with Crippen LogP contribution in [0.2, 0.25) is 0 Å². The Balaban J connectivity index is 2.41. The fourth-order valence-corrected chi connectivity index (χ4v) is 1.85. The van der Waals surface area contributed by atoms with Gasteiger partial charge in [0.15, 0.2) is 0 Å². The first-order valence-corrected chi connectivity index (χ1v) is 6.06. The number of phenols is 1. The number of fused-ring (bicyclic) bond motifs is 1. The minimum atomic E-state index is -0.0535. The third-order valence-corrected chi connectivity index (χ3v) is 2.85. The molecule has 18 heavy (non-hydrogen) atoms. The van der Waals surface area contributed by atoms with Gasteiger partial charge in [0.1, 0.15) is 11.3 Å². The average Bonchev–Trinajstić information content (AvgIpc) is 2.37. The van der Waals surface area contributed by atoms with Gasteiger partial charge in [0, 0.05) is 18.0 Å². The molecule has 0 saturated heterocycles. The minimum absolute atomic E-state index is 0.0535. The number of rotatable bonds is 4. The quantitative estimate of drug-likeness (QED) is 0.771. The van der Waals surface area contributed by atoms with Gasteiger partial charge >= 0.3 is 0 Å². The van der Waals surface area contributed by atoms with Crippen LogP contribution in [0.25, 0.3) is 10.9 Å². The highest BCUT2D eigenvalue weighted by molar-refractivity contribution is 5.87. The third kappa shape index (κ3) is 2.60. The van der Waals surface area contributed by atoms with Gasteiger partial charge in [0.05, 0.1) is 12.3 Å². The van der Waals surface area contributed by atoms with Gasteiger partial charge in [-0.05, 0) is 17.7 Å². The predicted molar refractivity (Wildman–Crippen MR) is 71.3 cm³/mol. The second-order valence-corrected chi connectivity index (χ2v) is 4.64. The lowest BCUT2D eigenvalue weighted by Crippen LogP contribution is -2.22. The monoisotopic (exact) mass is 246 g/mol. The highest BCUT2D eigenvalue weighted by Gasteiger charge is 2.07. The zero-order valence-electron chi connectivity index (χ0n) is 10.6. The second kappa shape index (κ2) is 5.33. The van der Waals surface area contributed by atoms with E-state index in [4.69, 9.17) is 0 Å². The lowest BCUT2D eigenvalue weighted by Gasteiger charge is -2.10. The number of pyridine rings is 1. The zero-order chi connectivity index (χ0) is 13.1. The topological polar surface area (TPSA) is 65.4 Å². The summed E-state index contributed by atoms with van der Waals surface area (Å²) in [6.45, 7) is 4.75. The Hall–Kier alpha value is -1.65. The van der Waals surface area contributed by atoms with Crippen molar-refractivity contribution in [1.29, 1.82) is 0 Å². The summed E-state index contributed by atoms with van der Waals surface area (Å²) in [5.41, 5.74) is 2.20. The van der Waals surface area contributed by atoms with E-state index in [9.17, 15) is 10.2 Å². The minimum Gasteiger partial charge on any atom is -0.506 e. The molecule has 0 amide bonds. The van der Waals surface area contributed by atoms with Crippen LogP contribution in [0.15, 0.2) is 24.3 Å². The van der Waals surface area contributed by atoms with Crippen molar-refractivity contribution < 1.29 is 10.2 Å². The fraction of sp³-hybridized carbons (Fsp3) is 0.357. The number of hydrogen-bond donors (Lipinski definition) is 3. The summed E-state index contributed by atoms with van der Waals surface area (Å²) in [6.07, 6.45) is 0. The van der Waals surface area contributed by atoms with E-state index in [1.54, 1.807) is 12.1 Å². The van der Waals surface area contributed by atoms with Crippen molar-refractivity contribution in [3.8, 4) is 5.75 Å². The first-order valence-electron chi connectivity index (χ1n) is 6.06. The molecule has 96 valence electrons. The number of nitrogens with zero attached hydrogens (tertiary/aromatic N) is 1. The summed E-state index contributed by atoms with van der Waals surface area (Å²) in [6, 6.07) is 7.48. The van der Waals surface area contributed by atoms with Gasteiger partial charge < -0.3 is 15.5 Å². The van der Waals surface area contributed by atoms with Crippen molar-refractivity contribution >= 4 is 10.9 Å². The van der Waals surface area contributed by atoms with Crippen molar-refractivity contribution in [2.24, 2.45) is 0 Å². The van der Waals surface area contributed by atoms with E-state index in [1.807, 2.05) is 12.1 Å². The maximum absolute atomic E-state index is 9.83. The molecule has 0 spiro atoms. The maximum Gasteiger partial charge on any atom is 0.141 e. The molecule has 1 aromatic carbocycles. The number of aliphatic hydroxyl groups excluding tert-OH is 1. The molecule has 0 radical (unpaired) electrons. The maximum atomic E-state index is 9.83. The first-order chi connectivity index (χ1) is 8.61. The SMILES string of the molecule is CC(C)NCc1ccc2c(CO)ccc(O)c2n1. The van der Waals surface area contributed by atoms with Gasteiger partial charge in [-0.2, -0.15) is 0 Å². The van der Waals surface area contributed by atoms with Crippen LogP contribution in [-0.4, -0.2) is 21.2 Å². The molecule has 0 bridgehead atoms. The summed E-state index contributed by atoms with van der Waals surface area (Å²) in [5.74, 6) is 0.147. The van der Waals surface area contributed by atoms with Gasteiger partial charge in [-0.25, -0.2) is 4.98 Å². The number of benzene rings is 1. The van der Waals surface area contributed by atoms with E-state index in [0.717, 1.165) is 16.6 Å². The molecule has 0 atom stereocenters. The van der Waals surface area contributed by atoms with Gasteiger partial charge in [-0.3, -0.25) is 0 Å². The molecular weight excluding hydrogens is 228 g/mol. The average molecular weight is 246 g/mol. The highest BCUT2D eigenvalue weighted by atomic mass is 16.3. The molecule has 0 saturated carbocycles. The Morgan fingerprint density at radius 2 is 2.00 bits per heavy atom. The van der Waals surface area contributed by atoms with Crippen LogP contribution < -0.4 is 5.32 Å². The van der Waals surface area contributed by atoms with Crippen molar-refractivity contribution in [2.75, 3.05) is 0 Å². The van der Waals surface area contributed by atoms with Crippen LogP contribution >= 0.6 is 0 Å². The number of aromatic nitrogens is 1. The molecule has 0 fully saturated rings. The van der Waals surface area contributed by atoms with Crippen molar-refractivity contribution in [3.05, 3.63) is 35.5 Å². The summed E-state index contributed by atoms with van der Waals surface area (Å²) < 4.78 is 0. The van der Waals surface area contributed by atoms with Gasteiger partial charge in [0.25, 0.3) is 0 Å². The molecule has 0 aliphatic heterocycles. The van der Waals surface area contributed by atoms with E-state index < -0.39 is 0 Å². The summed E-state index contributed by atoms with van der Waals surface area (Å²) >= 11 is 0. The zero-order valence-corrected chi connectivity index (χ0v) is 10.6. The Morgan fingerprint density at radius 3 is 2.67 bits per heavy atom. The third-order valence-electron chi connectivity index (χ3n) is 2.85. The lowest BCUT2D eigenvalue weighted by molar-refractivity contribution is 0.283. The molecular formula is C14H18N2O2. The molecule has 2 aromatic rings. The molecule has 3 N–H and O–H groups in total. The van der Waals surface area contributed by atoms with Gasteiger partial charge in [-0.1, -0.05) is 26.0 Å². The summed E-state index contributed by atoms with van der Waals surface area (Å²) in [7, 11) is 0. The standard InChI is InChI=1S/C14H18N2O2/c1-9(2)15-7-11-4-5-12-10(8-17)3-6-13(18)14(12)16-11/h3-6,9,15,17-18H,7-8H2,1-2H3. The number of nitrogens with one attached hydrogen (secondary N) is 1. The molecule has 1 heterocycles. The Bertz CT molecular complexity index is 553. The van der Waals surface area contributed by atoms with Crippen LogP contribution in [0.5, 0.6) is 5.75 Å². The normalized spacial score (nSPS) is 11.3. The Labute approximate surface area is 106 Å². The lowest BCUT2D eigenvalue weighted by atomic mass is 10.1. The van der Waals surface area contributed by atoms with E-state index in [1.165, 1.54) is 0 Å². The van der Waals surface area contributed by atoms with Crippen LogP contribution in [0.1, 0.15) is 25.1 Å². The molecule has 0 aliphatic rings. The smallest absolute Gasteiger partial charge is 0.141 e. The van der Waals surface area contributed by atoms with E-state index >= 15 is 0 Å². The summed E-state index contributed by atoms with van der Waals surface area (Å²) in [5, 5.41) is 23.2. The van der Waals surface area contributed by atoms with Crippen LogP contribution in [-0.2, 0) is 13.2 Å². The molecule has 1 aromatic heterocycles. The first kappa shape index (κ1) is 12.8. The largest absolute Gasteiger partial charge is 0.506 e. The highest BCUT2D eigenvalue weighted by Crippen LogP contribution is 2.26. The molecule has 0 aliphatic carbocycles. The predicted octanol–water partition coefficient (Wildman–Crippen LogP) is 1.93. The number of phenolic OH excluding ortho intramolecular Hbond substituents is 1. The fourth-order valence-electron chi connectivity index (χ4n) is 1.85. The molecule has 2 rings (SSSR count). The van der Waals surface area contributed by atoms with E-state index in [-0.39, 0.29) is 12.4 Å². The molecule has 0 unspecified atom stereocenters. The second-order valence-electron chi connectivity index (χ2n) is 4.64. The number of aliphatic hydroxyl groups is 1. The van der Waals surface area contributed by atoms with Crippen LogP contribution in [0.3, 0.4) is 0 Å². The van der Waals surface area contributed by atoms with Crippen LogP contribution in [0, 0.1) is 0 Å². The Morgan fingerprint density at radius 1 is 1.22 bits per heavy atom. The van der Waals surface area contributed by atoms with E-state index in [2.05, 4.69) is 24.1 Å². The molecule has 4 nitrogen and oxygen atoms in total. The number of aromatic hydroxyl groups is 1. The van der Waals surface area contributed by atoms with Gasteiger partial charge in [-0.15, -0.1) is 0 Å². The van der Waals surface area contributed by atoms with Crippen molar-refractivity contribution in [1.82, 2.24) is 10.3 Å². The summed E-state index contributed by atoms with van der Waals surface area (Å²) in [4.78, 5) is 4.43. The van der Waals surface area contributed by atoms with Crippen molar-refractivity contribution in [3.63, 3.8) is 0 Å². The van der Waals surface area contributed by atoms with E-state index in [0.29, 0.717) is 18.1 Å². The van der Waals surface area contributed by atoms with Crippen LogP contribution in [0.4, 0.5) is 0 Å². The van der Waals surface area contributed by atoms with Gasteiger partial charge in [0.2, 0.25) is 0 Å².